The fourth-order valence-corrected chi connectivity index (χ4v) is 3.13. The van der Waals surface area contributed by atoms with Crippen LogP contribution in [0.1, 0.15) is 31.2 Å². The minimum atomic E-state index is 0.311. The van der Waals surface area contributed by atoms with Crippen LogP contribution in [0.25, 0.3) is 0 Å². The Hall–Kier alpha value is -0.540. The van der Waals surface area contributed by atoms with Crippen molar-refractivity contribution in [2.45, 2.75) is 32.2 Å². The predicted octanol–water partition coefficient (Wildman–Crippen LogP) is 3.43. The maximum absolute atomic E-state index is 9.42. The third kappa shape index (κ3) is 2.50. The molecule has 1 aromatic carbocycles. The zero-order chi connectivity index (χ0) is 11.9. The Bertz CT molecular complexity index is 424. The van der Waals surface area contributed by atoms with Gasteiger partial charge in [-0.05, 0) is 70.6 Å². The van der Waals surface area contributed by atoms with E-state index in [1.165, 1.54) is 31.2 Å². The van der Waals surface area contributed by atoms with E-state index >= 15 is 0 Å². The first-order chi connectivity index (χ1) is 8.20. The highest BCUT2D eigenvalue weighted by Gasteiger charge is 2.53. The van der Waals surface area contributed by atoms with Gasteiger partial charge in [0.1, 0.15) is 5.75 Å². The average Bonchev–Trinajstić information content (AvgIpc) is 3.14. The number of hydrogen-bond acceptors (Lipinski definition) is 2. The van der Waals surface area contributed by atoms with Crippen molar-refractivity contribution in [3.8, 4) is 5.75 Å². The molecule has 3 rings (SSSR count). The molecule has 0 atom stereocenters. The molecule has 0 bridgehead atoms. The maximum atomic E-state index is 9.42. The van der Waals surface area contributed by atoms with Crippen molar-refractivity contribution in [3.63, 3.8) is 0 Å². The summed E-state index contributed by atoms with van der Waals surface area (Å²) in [6.07, 6.45) is 5.74. The van der Waals surface area contributed by atoms with Crippen molar-refractivity contribution in [2.24, 2.45) is 11.3 Å². The Morgan fingerprint density at radius 2 is 2.12 bits per heavy atom. The van der Waals surface area contributed by atoms with E-state index in [0.29, 0.717) is 11.2 Å². The van der Waals surface area contributed by atoms with Gasteiger partial charge in [-0.15, -0.1) is 0 Å². The minimum absolute atomic E-state index is 0.311. The standard InChI is InChI=1S/C14H18BrNO/c15-12-7-10(1-4-13(12)17)8-16-9-14(5-6-14)11-2-3-11/h1,4,7,11,16-17H,2-3,5-6,8-9H2. The second-order valence-electron chi connectivity index (χ2n) is 5.53. The van der Waals surface area contributed by atoms with E-state index in [1.54, 1.807) is 6.07 Å². The van der Waals surface area contributed by atoms with Crippen molar-refractivity contribution in [2.75, 3.05) is 6.54 Å². The zero-order valence-corrected chi connectivity index (χ0v) is 11.5. The van der Waals surface area contributed by atoms with E-state index in [-0.39, 0.29) is 0 Å². The molecule has 1 aromatic rings. The van der Waals surface area contributed by atoms with Crippen LogP contribution in [-0.2, 0) is 6.54 Å². The lowest BCUT2D eigenvalue weighted by atomic mass is 10.0. The predicted molar refractivity (Wildman–Crippen MR) is 71.9 cm³/mol. The summed E-state index contributed by atoms with van der Waals surface area (Å²) >= 11 is 3.35. The number of phenolic OH excluding ortho intramolecular Hbond substituents is 1. The lowest BCUT2D eigenvalue weighted by Gasteiger charge is -2.15. The summed E-state index contributed by atoms with van der Waals surface area (Å²) in [5.41, 5.74) is 1.88. The maximum Gasteiger partial charge on any atom is 0.129 e. The molecule has 0 aliphatic heterocycles. The van der Waals surface area contributed by atoms with Gasteiger partial charge in [-0.2, -0.15) is 0 Å². The van der Waals surface area contributed by atoms with Crippen LogP contribution in [0.3, 0.4) is 0 Å². The molecule has 0 heterocycles. The summed E-state index contributed by atoms with van der Waals surface area (Å²) < 4.78 is 0.778. The van der Waals surface area contributed by atoms with Crippen molar-refractivity contribution in [1.29, 1.82) is 0 Å². The second-order valence-corrected chi connectivity index (χ2v) is 6.38. The summed E-state index contributed by atoms with van der Waals surface area (Å²) in [5.74, 6) is 1.33. The van der Waals surface area contributed by atoms with Crippen LogP contribution in [0.4, 0.5) is 0 Å². The molecule has 0 radical (unpaired) electrons. The molecule has 0 spiro atoms. The van der Waals surface area contributed by atoms with Crippen LogP contribution in [0.15, 0.2) is 22.7 Å². The van der Waals surface area contributed by atoms with Gasteiger partial charge in [0, 0.05) is 13.1 Å². The largest absolute Gasteiger partial charge is 0.507 e. The number of hydrogen-bond donors (Lipinski definition) is 2. The monoisotopic (exact) mass is 295 g/mol. The molecule has 2 aliphatic carbocycles. The number of aromatic hydroxyl groups is 1. The van der Waals surface area contributed by atoms with Gasteiger partial charge in [-0.25, -0.2) is 0 Å². The van der Waals surface area contributed by atoms with Gasteiger partial charge in [-0.3, -0.25) is 0 Å². The summed E-state index contributed by atoms with van der Waals surface area (Å²) in [5, 5.41) is 13.0. The molecule has 0 unspecified atom stereocenters. The Kier molecular flexibility index (Phi) is 2.91. The van der Waals surface area contributed by atoms with Crippen LogP contribution >= 0.6 is 15.9 Å². The van der Waals surface area contributed by atoms with Crippen LogP contribution < -0.4 is 5.32 Å². The second kappa shape index (κ2) is 4.29. The van der Waals surface area contributed by atoms with Gasteiger partial charge in [-0.1, -0.05) is 6.07 Å². The lowest BCUT2D eigenvalue weighted by molar-refractivity contribution is 0.403. The molecule has 2 fully saturated rings. The highest BCUT2D eigenvalue weighted by atomic mass is 79.9. The van der Waals surface area contributed by atoms with E-state index in [0.717, 1.165) is 23.5 Å². The third-order valence-electron chi connectivity index (χ3n) is 4.15. The summed E-state index contributed by atoms with van der Waals surface area (Å²) in [6, 6.07) is 5.71. The first-order valence-electron chi connectivity index (χ1n) is 6.38. The zero-order valence-electron chi connectivity index (χ0n) is 9.88. The van der Waals surface area contributed by atoms with Crippen LogP contribution in [0, 0.1) is 11.3 Å². The molecule has 0 amide bonds. The van der Waals surface area contributed by atoms with Crippen LogP contribution in [0.2, 0.25) is 0 Å². The quantitative estimate of drug-likeness (QED) is 0.872. The fraction of sp³-hybridized carbons (Fsp3) is 0.571. The van der Waals surface area contributed by atoms with E-state index in [1.807, 2.05) is 12.1 Å². The van der Waals surface area contributed by atoms with Gasteiger partial charge >= 0.3 is 0 Å². The van der Waals surface area contributed by atoms with Gasteiger partial charge in [0.15, 0.2) is 0 Å². The number of nitrogens with one attached hydrogen (secondary N) is 1. The fourth-order valence-electron chi connectivity index (χ4n) is 2.70. The molecular formula is C14H18BrNO. The highest BCUT2D eigenvalue weighted by Crippen LogP contribution is 2.60. The van der Waals surface area contributed by atoms with E-state index in [4.69, 9.17) is 0 Å². The van der Waals surface area contributed by atoms with Crippen molar-refractivity contribution in [3.05, 3.63) is 28.2 Å². The van der Waals surface area contributed by atoms with E-state index in [9.17, 15) is 5.11 Å². The normalized spacial score (nSPS) is 21.5. The molecule has 0 aromatic heterocycles. The molecule has 2 saturated carbocycles. The first-order valence-corrected chi connectivity index (χ1v) is 7.17. The number of rotatable bonds is 5. The molecule has 0 saturated heterocycles. The van der Waals surface area contributed by atoms with Crippen molar-refractivity contribution < 1.29 is 5.11 Å². The molecule has 2 aliphatic rings. The Morgan fingerprint density at radius 3 is 2.71 bits per heavy atom. The molecule has 92 valence electrons. The Morgan fingerprint density at radius 1 is 1.35 bits per heavy atom. The number of halogens is 1. The summed E-state index contributed by atoms with van der Waals surface area (Å²) in [7, 11) is 0. The molecule has 3 heteroatoms. The van der Waals surface area contributed by atoms with E-state index < -0.39 is 0 Å². The Balaban J connectivity index is 1.52. The minimum Gasteiger partial charge on any atom is -0.507 e. The topological polar surface area (TPSA) is 32.3 Å². The highest BCUT2D eigenvalue weighted by molar-refractivity contribution is 9.10. The number of benzene rings is 1. The van der Waals surface area contributed by atoms with Crippen LogP contribution in [0.5, 0.6) is 5.75 Å². The summed E-state index contributed by atoms with van der Waals surface area (Å²) in [4.78, 5) is 0. The Labute approximate surface area is 111 Å². The molecule has 2 nitrogen and oxygen atoms in total. The van der Waals surface area contributed by atoms with Crippen molar-refractivity contribution >= 4 is 15.9 Å². The lowest BCUT2D eigenvalue weighted by Crippen LogP contribution is -2.24. The number of phenols is 1. The SMILES string of the molecule is Oc1ccc(CNCC2(C3CC3)CC2)cc1Br. The van der Waals surface area contributed by atoms with Crippen LogP contribution in [-0.4, -0.2) is 11.7 Å². The molecule has 2 N–H and O–H groups in total. The van der Waals surface area contributed by atoms with Gasteiger partial charge in [0.05, 0.1) is 4.47 Å². The van der Waals surface area contributed by atoms with Crippen molar-refractivity contribution in [1.82, 2.24) is 5.32 Å². The smallest absolute Gasteiger partial charge is 0.129 e. The van der Waals surface area contributed by atoms with Gasteiger partial charge in [0.25, 0.3) is 0 Å². The van der Waals surface area contributed by atoms with E-state index in [2.05, 4.69) is 21.2 Å². The molecular weight excluding hydrogens is 278 g/mol. The first kappa shape index (κ1) is 11.5. The van der Waals surface area contributed by atoms with Gasteiger partial charge in [0.2, 0.25) is 0 Å². The average molecular weight is 296 g/mol. The summed E-state index contributed by atoms with van der Waals surface area (Å²) in [6.45, 7) is 2.06. The molecule has 17 heavy (non-hydrogen) atoms. The third-order valence-corrected chi connectivity index (χ3v) is 4.79. The van der Waals surface area contributed by atoms with Gasteiger partial charge < -0.3 is 10.4 Å².